The number of piperazine rings is 1. The molecule has 0 radical (unpaired) electrons. The van der Waals surface area contributed by atoms with Gasteiger partial charge in [0.05, 0.1) is 30.5 Å². The Morgan fingerprint density at radius 2 is 2.00 bits per heavy atom. The predicted molar refractivity (Wildman–Crippen MR) is 86.8 cm³/mol. The van der Waals surface area contributed by atoms with Crippen LogP contribution in [0.15, 0.2) is 17.6 Å². The number of aromatic nitrogens is 2. The lowest BCUT2D eigenvalue weighted by Crippen LogP contribution is -2.60. The van der Waals surface area contributed by atoms with Gasteiger partial charge in [0.1, 0.15) is 0 Å². The molecule has 9 nitrogen and oxygen atoms in total. The second kappa shape index (κ2) is 6.37. The third kappa shape index (κ3) is 3.23. The van der Waals surface area contributed by atoms with E-state index in [0.29, 0.717) is 19.7 Å². The van der Waals surface area contributed by atoms with Crippen molar-refractivity contribution in [1.82, 2.24) is 18.8 Å². The Bertz CT molecular complexity index is 804. The number of methoxy groups -OCH3 is 1. The van der Waals surface area contributed by atoms with Crippen LogP contribution in [0.3, 0.4) is 0 Å². The lowest BCUT2D eigenvalue weighted by molar-refractivity contribution is 0.0663. The van der Waals surface area contributed by atoms with Crippen molar-refractivity contribution in [3.8, 4) is 0 Å². The maximum atomic E-state index is 12.9. The summed E-state index contributed by atoms with van der Waals surface area (Å²) in [5, 5.41) is -0.0432. The zero-order valence-electron chi connectivity index (χ0n) is 13.7. The molecule has 2 aliphatic rings. The van der Waals surface area contributed by atoms with E-state index in [1.54, 1.807) is 18.7 Å². The number of sulfone groups is 1. The molecule has 3 rings (SSSR count). The molecule has 1 aromatic rings. The molecule has 136 valence electrons. The van der Waals surface area contributed by atoms with Crippen LogP contribution < -0.4 is 0 Å². The molecule has 0 aromatic carbocycles. The molecule has 0 N–H and O–H groups in total. The molecule has 0 spiro atoms. The Kier molecular flexibility index (Phi) is 4.73. The fraction of sp³-hybridized carbons (Fsp3) is 0.769. The molecule has 0 unspecified atom stereocenters. The van der Waals surface area contributed by atoms with E-state index in [-0.39, 0.29) is 29.1 Å². The second-order valence-corrected chi connectivity index (χ2v) is 10.2. The minimum absolute atomic E-state index is 0.0182. The largest absolute Gasteiger partial charge is 0.383 e. The average molecular weight is 378 g/mol. The fourth-order valence-electron chi connectivity index (χ4n) is 3.42. The molecule has 11 heteroatoms. The second-order valence-electron chi connectivity index (χ2n) is 6.23. The number of hydrogen-bond acceptors (Lipinski definition) is 7. The molecular weight excluding hydrogens is 356 g/mol. The van der Waals surface area contributed by atoms with Crippen molar-refractivity contribution in [1.29, 1.82) is 0 Å². The lowest BCUT2D eigenvalue weighted by Gasteiger charge is -2.42. The highest BCUT2D eigenvalue weighted by Crippen LogP contribution is 2.30. The smallest absolute Gasteiger partial charge is 0.262 e. The minimum atomic E-state index is -3.81. The maximum Gasteiger partial charge on any atom is 0.262 e. The van der Waals surface area contributed by atoms with Gasteiger partial charge < -0.3 is 9.30 Å². The summed E-state index contributed by atoms with van der Waals surface area (Å²) in [6.07, 6.45) is 2.86. The van der Waals surface area contributed by atoms with E-state index < -0.39 is 25.9 Å². The minimum Gasteiger partial charge on any atom is -0.383 e. The van der Waals surface area contributed by atoms with E-state index in [1.165, 1.54) is 16.8 Å². The van der Waals surface area contributed by atoms with Crippen LogP contribution in [0.5, 0.6) is 0 Å². The van der Waals surface area contributed by atoms with E-state index >= 15 is 0 Å². The molecule has 3 heterocycles. The van der Waals surface area contributed by atoms with E-state index in [2.05, 4.69) is 4.98 Å². The van der Waals surface area contributed by atoms with Crippen LogP contribution in [0.1, 0.15) is 0 Å². The molecule has 0 bridgehead atoms. The van der Waals surface area contributed by atoms with Gasteiger partial charge in [0, 0.05) is 46.0 Å². The zero-order chi connectivity index (χ0) is 17.5. The Hall–Kier alpha value is -1.01. The normalized spacial score (nSPS) is 28.1. The number of rotatable bonds is 5. The highest BCUT2D eigenvalue weighted by molar-refractivity contribution is 7.92. The van der Waals surface area contributed by atoms with Crippen molar-refractivity contribution in [3.05, 3.63) is 12.5 Å². The Balaban J connectivity index is 1.91. The van der Waals surface area contributed by atoms with Crippen LogP contribution >= 0.6 is 0 Å². The van der Waals surface area contributed by atoms with E-state index in [1.807, 2.05) is 4.90 Å². The van der Waals surface area contributed by atoms with Crippen molar-refractivity contribution < 1.29 is 21.6 Å². The fourth-order valence-corrected chi connectivity index (χ4v) is 7.14. The van der Waals surface area contributed by atoms with Gasteiger partial charge in [-0.3, -0.25) is 4.90 Å². The first kappa shape index (κ1) is 17.8. The number of aryl methyl sites for hydroxylation is 1. The standard InChI is InChI=1S/C13H22N4O5S2/c1-15-7-13(14-10-15)24(20,21)17-4-3-16(5-6-22-2)11-8-23(18,19)9-12(11)17/h7,10-12H,3-6,8-9H2,1-2H3/t11-,12+/m1/s1. The SMILES string of the molecule is COCCN1CCN(S(=O)(=O)c2cn(C)cn2)[C@H]2CS(=O)(=O)C[C@H]21. The molecule has 2 saturated heterocycles. The summed E-state index contributed by atoms with van der Waals surface area (Å²) >= 11 is 0. The number of ether oxygens (including phenoxy) is 1. The molecule has 0 amide bonds. The van der Waals surface area contributed by atoms with Crippen molar-refractivity contribution in [2.75, 3.05) is 44.9 Å². The highest BCUT2D eigenvalue weighted by Gasteiger charge is 2.50. The summed E-state index contributed by atoms with van der Waals surface area (Å²) in [5.74, 6) is -0.164. The summed E-state index contributed by atoms with van der Waals surface area (Å²) in [5.41, 5.74) is 0. The van der Waals surface area contributed by atoms with Crippen molar-refractivity contribution in [2.24, 2.45) is 7.05 Å². The Morgan fingerprint density at radius 3 is 2.62 bits per heavy atom. The monoisotopic (exact) mass is 378 g/mol. The molecular formula is C13H22N4O5S2. The summed E-state index contributed by atoms with van der Waals surface area (Å²) in [4.78, 5) is 5.95. The quantitative estimate of drug-likeness (QED) is 0.617. The van der Waals surface area contributed by atoms with Gasteiger partial charge in [-0.1, -0.05) is 0 Å². The Labute approximate surface area is 142 Å². The first-order valence-corrected chi connectivity index (χ1v) is 10.9. The van der Waals surface area contributed by atoms with Gasteiger partial charge >= 0.3 is 0 Å². The predicted octanol–water partition coefficient (Wildman–Crippen LogP) is -1.46. The number of hydrogen-bond donors (Lipinski definition) is 0. The van der Waals surface area contributed by atoms with Crippen molar-refractivity contribution >= 4 is 19.9 Å². The van der Waals surface area contributed by atoms with Gasteiger partial charge in [-0.05, 0) is 0 Å². The molecule has 2 aliphatic heterocycles. The van der Waals surface area contributed by atoms with E-state index in [0.717, 1.165) is 0 Å². The van der Waals surface area contributed by atoms with Crippen LogP contribution in [0.2, 0.25) is 0 Å². The first-order chi connectivity index (χ1) is 11.2. The molecule has 0 aliphatic carbocycles. The van der Waals surface area contributed by atoms with Gasteiger partial charge in [0.2, 0.25) is 0 Å². The number of sulfonamides is 1. The Morgan fingerprint density at radius 1 is 1.29 bits per heavy atom. The number of fused-ring (bicyclic) bond motifs is 1. The maximum absolute atomic E-state index is 12.9. The number of nitrogens with zero attached hydrogens (tertiary/aromatic N) is 4. The molecule has 1 aromatic heterocycles. The van der Waals surface area contributed by atoms with E-state index in [4.69, 9.17) is 4.74 Å². The van der Waals surface area contributed by atoms with Gasteiger partial charge in [0.15, 0.2) is 14.9 Å². The third-order valence-electron chi connectivity index (χ3n) is 4.58. The van der Waals surface area contributed by atoms with Gasteiger partial charge in [0.25, 0.3) is 10.0 Å². The molecule has 24 heavy (non-hydrogen) atoms. The zero-order valence-corrected chi connectivity index (χ0v) is 15.3. The molecule has 0 saturated carbocycles. The van der Waals surface area contributed by atoms with Gasteiger partial charge in [-0.2, -0.15) is 4.31 Å². The van der Waals surface area contributed by atoms with Crippen LogP contribution in [0.25, 0.3) is 0 Å². The van der Waals surface area contributed by atoms with Gasteiger partial charge in [-0.25, -0.2) is 21.8 Å². The summed E-state index contributed by atoms with van der Waals surface area (Å²) in [7, 11) is -3.80. The highest BCUT2D eigenvalue weighted by atomic mass is 32.2. The van der Waals surface area contributed by atoms with E-state index in [9.17, 15) is 16.8 Å². The third-order valence-corrected chi connectivity index (χ3v) is 8.09. The summed E-state index contributed by atoms with van der Waals surface area (Å²) in [6.45, 7) is 1.80. The van der Waals surface area contributed by atoms with Gasteiger partial charge in [-0.15, -0.1) is 0 Å². The number of imidazole rings is 1. The average Bonchev–Trinajstić information content (AvgIpc) is 3.07. The summed E-state index contributed by atoms with van der Waals surface area (Å²) < 4.78 is 58.0. The van der Waals surface area contributed by atoms with Crippen LogP contribution in [-0.2, 0) is 31.6 Å². The van der Waals surface area contributed by atoms with Crippen molar-refractivity contribution in [3.63, 3.8) is 0 Å². The molecule has 2 atom stereocenters. The van der Waals surface area contributed by atoms with Crippen LogP contribution in [-0.4, -0.2) is 92.5 Å². The van der Waals surface area contributed by atoms with Crippen LogP contribution in [0, 0.1) is 0 Å². The topological polar surface area (TPSA) is 102 Å². The van der Waals surface area contributed by atoms with Crippen molar-refractivity contribution in [2.45, 2.75) is 17.1 Å². The lowest BCUT2D eigenvalue weighted by atomic mass is 10.1. The first-order valence-electron chi connectivity index (χ1n) is 7.68. The molecule has 2 fully saturated rings. The van der Waals surface area contributed by atoms with Crippen LogP contribution in [0.4, 0.5) is 0 Å². The summed E-state index contributed by atoms with van der Waals surface area (Å²) in [6, 6.07) is -0.912.